The lowest BCUT2D eigenvalue weighted by molar-refractivity contribution is 0.496. The second-order valence-corrected chi connectivity index (χ2v) is 5.21. The van der Waals surface area contributed by atoms with Crippen LogP contribution in [0.2, 0.25) is 0 Å². The lowest BCUT2D eigenvalue weighted by Gasteiger charge is -2.16. The molecule has 1 aromatic carbocycles. The number of para-hydroxylation sites is 1. The SMILES string of the molecule is CC[C@H](C)n1c(C)nc2ncn(-c3ccccc3)c2c1=O. The average molecular weight is 282 g/mol. The van der Waals surface area contributed by atoms with Crippen LogP contribution in [0.4, 0.5) is 0 Å². The zero-order valence-electron chi connectivity index (χ0n) is 12.4. The van der Waals surface area contributed by atoms with Gasteiger partial charge in [-0.25, -0.2) is 9.97 Å². The third kappa shape index (κ3) is 2.14. The van der Waals surface area contributed by atoms with Crippen molar-refractivity contribution < 1.29 is 0 Å². The van der Waals surface area contributed by atoms with E-state index in [1.165, 1.54) is 0 Å². The Kier molecular flexibility index (Phi) is 3.33. The minimum Gasteiger partial charge on any atom is -0.293 e. The van der Waals surface area contributed by atoms with Gasteiger partial charge in [0.2, 0.25) is 0 Å². The van der Waals surface area contributed by atoms with Gasteiger partial charge in [0.15, 0.2) is 11.2 Å². The fourth-order valence-corrected chi connectivity index (χ4v) is 2.57. The maximum Gasteiger partial charge on any atom is 0.280 e. The van der Waals surface area contributed by atoms with Crippen molar-refractivity contribution >= 4 is 11.2 Å². The molecule has 0 bridgehead atoms. The maximum absolute atomic E-state index is 12.9. The number of rotatable bonds is 3. The third-order valence-corrected chi connectivity index (χ3v) is 3.85. The Hall–Kier alpha value is -2.43. The summed E-state index contributed by atoms with van der Waals surface area (Å²) in [7, 11) is 0. The number of hydrogen-bond acceptors (Lipinski definition) is 3. The van der Waals surface area contributed by atoms with Crippen LogP contribution in [0.3, 0.4) is 0 Å². The molecule has 1 atom stereocenters. The van der Waals surface area contributed by atoms with Gasteiger partial charge in [0, 0.05) is 11.7 Å². The molecule has 21 heavy (non-hydrogen) atoms. The summed E-state index contributed by atoms with van der Waals surface area (Å²) in [4.78, 5) is 21.6. The maximum atomic E-state index is 12.9. The lowest BCUT2D eigenvalue weighted by Crippen LogP contribution is -2.27. The largest absolute Gasteiger partial charge is 0.293 e. The molecule has 2 heterocycles. The van der Waals surface area contributed by atoms with Crippen LogP contribution >= 0.6 is 0 Å². The highest BCUT2D eigenvalue weighted by Gasteiger charge is 2.17. The first kappa shape index (κ1) is 13.5. The molecule has 0 saturated carbocycles. The van der Waals surface area contributed by atoms with Crippen molar-refractivity contribution in [2.24, 2.45) is 0 Å². The van der Waals surface area contributed by atoms with Gasteiger partial charge in [0.1, 0.15) is 12.2 Å². The van der Waals surface area contributed by atoms with E-state index in [1.807, 2.05) is 48.7 Å². The molecule has 0 unspecified atom stereocenters. The molecule has 0 aliphatic heterocycles. The van der Waals surface area contributed by atoms with Gasteiger partial charge in [-0.3, -0.25) is 13.9 Å². The summed E-state index contributed by atoms with van der Waals surface area (Å²) in [5.41, 5.74) is 1.92. The smallest absolute Gasteiger partial charge is 0.280 e. The summed E-state index contributed by atoms with van der Waals surface area (Å²) >= 11 is 0. The van der Waals surface area contributed by atoms with Crippen LogP contribution in [0.1, 0.15) is 32.1 Å². The van der Waals surface area contributed by atoms with E-state index in [-0.39, 0.29) is 11.6 Å². The van der Waals surface area contributed by atoms with Crippen LogP contribution in [0, 0.1) is 6.92 Å². The van der Waals surface area contributed by atoms with Crippen LogP contribution < -0.4 is 5.56 Å². The Labute approximate surface area is 122 Å². The second kappa shape index (κ2) is 5.16. The van der Waals surface area contributed by atoms with Crippen LogP contribution in [0.15, 0.2) is 41.5 Å². The Morgan fingerprint density at radius 1 is 1.24 bits per heavy atom. The molecule has 5 nitrogen and oxygen atoms in total. The highest BCUT2D eigenvalue weighted by Crippen LogP contribution is 2.16. The predicted molar refractivity (Wildman–Crippen MR) is 82.9 cm³/mol. The summed E-state index contributed by atoms with van der Waals surface area (Å²) < 4.78 is 3.56. The molecule has 0 saturated heterocycles. The number of imidazole rings is 1. The van der Waals surface area contributed by atoms with Crippen molar-refractivity contribution in [3.05, 3.63) is 52.8 Å². The van der Waals surface area contributed by atoms with E-state index in [1.54, 1.807) is 10.9 Å². The first-order valence-corrected chi connectivity index (χ1v) is 7.15. The first-order valence-electron chi connectivity index (χ1n) is 7.15. The molecule has 0 fully saturated rings. The Morgan fingerprint density at radius 2 is 1.95 bits per heavy atom. The molecule has 0 spiro atoms. The van der Waals surface area contributed by atoms with E-state index >= 15 is 0 Å². The van der Waals surface area contributed by atoms with Gasteiger partial charge < -0.3 is 0 Å². The Morgan fingerprint density at radius 3 is 2.62 bits per heavy atom. The number of hydrogen-bond donors (Lipinski definition) is 0. The van der Waals surface area contributed by atoms with E-state index in [0.717, 1.165) is 12.1 Å². The number of aryl methyl sites for hydroxylation is 1. The van der Waals surface area contributed by atoms with Crippen molar-refractivity contribution in [1.82, 2.24) is 19.1 Å². The first-order chi connectivity index (χ1) is 10.1. The van der Waals surface area contributed by atoms with Gasteiger partial charge in [-0.05, 0) is 32.4 Å². The van der Waals surface area contributed by atoms with E-state index in [0.29, 0.717) is 17.0 Å². The molecule has 3 aromatic rings. The van der Waals surface area contributed by atoms with Crippen molar-refractivity contribution in [3.63, 3.8) is 0 Å². The number of aromatic nitrogens is 4. The molecule has 5 heteroatoms. The molecule has 3 rings (SSSR count). The lowest BCUT2D eigenvalue weighted by atomic mass is 10.2. The van der Waals surface area contributed by atoms with Crippen LogP contribution in [-0.2, 0) is 0 Å². The summed E-state index contributed by atoms with van der Waals surface area (Å²) in [6.45, 7) is 5.95. The van der Waals surface area contributed by atoms with Crippen molar-refractivity contribution in [2.45, 2.75) is 33.2 Å². The fraction of sp³-hybridized carbons (Fsp3) is 0.312. The summed E-state index contributed by atoms with van der Waals surface area (Å²) in [6, 6.07) is 9.85. The van der Waals surface area contributed by atoms with Gasteiger partial charge in [0.05, 0.1) is 0 Å². The van der Waals surface area contributed by atoms with Gasteiger partial charge >= 0.3 is 0 Å². The molecule has 108 valence electrons. The molecule has 0 N–H and O–H groups in total. The molecule has 0 aliphatic carbocycles. The van der Waals surface area contributed by atoms with Crippen molar-refractivity contribution in [3.8, 4) is 5.69 Å². The topological polar surface area (TPSA) is 52.7 Å². The second-order valence-electron chi connectivity index (χ2n) is 5.21. The summed E-state index contributed by atoms with van der Waals surface area (Å²) in [5, 5.41) is 0. The third-order valence-electron chi connectivity index (χ3n) is 3.85. The van der Waals surface area contributed by atoms with Crippen molar-refractivity contribution in [2.75, 3.05) is 0 Å². The highest BCUT2D eigenvalue weighted by molar-refractivity contribution is 5.72. The summed E-state index contributed by atoms with van der Waals surface area (Å²) in [6.07, 6.45) is 2.54. The number of nitrogens with zero attached hydrogens (tertiary/aromatic N) is 4. The van der Waals surface area contributed by atoms with Gasteiger partial charge in [-0.1, -0.05) is 25.1 Å². The summed E-state index contributed by atoms with van der Waals surface area (Å²) in [5.74, 6) is 0.708. The number of fused-ring (bicyclic) bond motifs is 1. The van der Waals surface area contributed by atoms with Crippen LogP contribution in [0.5, 0.6) is 0 Å². The predicted octanol–water partition coefficient (Wildman–Crippen LogP) is 2.86. The van der Waals surface area contributed by atoms with Crippen molar-refractivity contribution in [1.29, 1.82) is 0 Å². The monoisotopic (exact) mass is 282 g/mol. The van der Waals surface area contributed by atoms with Crippen LogP contribution in [0.25, 0.3) is 16.9 Å². The van der Waals surface area contributed by atoms with Gasteiger partial charge in [-0.15, -0.1) is 0 Å². The van der Waals surface area contributed by atoms with Crippen LogP contribution in [-0.4, -0.2) is 19.1 Å². The van der Waals surface area contributed by atoms with E-state index in [4.69, 9.17) is 0 Å². The molecular formula is C16H18N4O. The van der Waals surface area contributed by atoms with E-state index in [9.17, 15) is 4.79 Å². The van der Waals surface area contributed by atoms with E-state index < -0.39 is 0 Å². The highest BCUT2D eigenvalue weighted by atomic mass is 16.1. The standard InChI is InChI=1S/C16H18N4O/c1-4-11(2)20-12(3)18-15-14(16(20)21)19(10-17-15)13-8-6-5-7-9-13/h5-11H,4H2,1-3H3/t11-/m0/s1. The normalized spacial score (nSPS) is 12.7. The minimum absolute atomic E-state index is 0.0341. The molecule has 0 radical (unpaired) electrons. The molecule has 2 aromatic heterocycles. The molecule has 0 amide bonds. The van der Waals surface area contributed by atoms with Gasteiger partial charge in [0.25, 0.3) is 5.56 Å². The molecular weight excluding hydrogens is 264 g/mol. The Balaban J connectivity index is 2.33. The minimum atomic E-state index is -0.0341. The van der Waals surface area contributed by atoms with E-state index in [2.05, 4.69) is 16.9 Å². The fourth-order valence-electron chi connectivity index (χ4n) is 2.57. The molecule has 0 aliphatic rings. The zero-order chi connectivity index (χ0) is 15.0. The Bertz CT molecular complexity index is 833. The quantitative estimate of drug-likeness (QED) is 0.742. The number of benzene rings is 1. The average Bonchev–Trinajstić information content (AvgIpc) is 2.91. The van der Waals surface area contributed by atoms with Gasteiger partial charge in [-0.2, -0.15) is 0 Å². The zero-order valence-corrected chi connectivity index (χ0v) is 12.4.